The van der Waals surface area contributed by atoms with Gasteiger partial charge in [-0.1, -0.05) is 48.5 Å². The van der Waals surface area contributed by atoms with E-state index in [2.05, 4.69) is 87.8 Å². The van der Waals surface area contributed by atoms with Gasteiger partial charge in [0.25, 0.3) is 0 Å². The van der Waals surface area contributed by atoms with Gasteiger partial charge in [0.05, 0.1) is 6.20 Å². The molecular weight excluding hydrogens is 368 g/mol. The van der Waals surface area contributed by atoms with Gasteiger partial charge in [-0.05, 0) is 47.3 Å². The molecule has 2 aromatic heterocycles. The normalized spacial score (nSPS) is 16.8. The monoisotopic (exact) mass is 390 g/mol. The summed E-state index contributed by atoms with van der Waals surface area (Å²) >= 11 is 0. The Morgan fingerprint density at radius 3 is 2.87 bits per heavy atom. The Balaban J connectivity index is 1.47. The molecule has 1 aliphatic heterocycles. The third-order valence-corrected chi connectivity index (χ3v) is 6.28. The molecule has 6 rings (SSSR count). The molecule has 0 saturated heterocycles. The summed E-state index contributed by atoms with van der Waals surface area (Å²) < 4.78 is 0. The van der Waals surface area contributed by atoms with Crippen LogP contribution in [0, 0.1) is 0 Å². The van der Waals surface area contributed by atoms with Crippen LogP contribution in [0.15, 0.2) is 79.1 Å². The summed E-state index contributed by atoms with van der Waals surface area (Å²) in [5.41, 5.74) is 7.42. The molecule has 4 nitrogen and oxygen atoms in total. The molecule has 1 N–H and O–H groups in total. The second-order valence-electron chi connectivity index (χ2n) is 8.27. The third kappa shape index (κ3) is 2.80. The van der Waals surface area contributed by atoms with Crippen molar-refractivity contribution in [1.29, 1.82) is 0 Å². The summed E-state index contributed by atoms with van der Waals surface area (Å²) in [5.74, 6) is 0.360. The lowest BCUT2D eigenvalue weighted by Gasteiger charge is -2.33. The molecule has 1 unspecified atom stereocenters. The van der Waals surface area contributed by atoms with Crippen molar-refractivity contribution in [2.75, 3.05) is 13.6 Å². The van der Waals surface area contributed by atoms with Gasteiger partial charge in [-0.3, -0.25) is 0 Å². The van der Waals surface area contributed by atoms with Crippen molar-refractivity contribution in [2.24, 2.45) is 0 Å². The zero-order valence-electron chi connectivity index (χ0n) is 16.8. The summed E-state index contributed by atoms with van der Waals surface area (Å²) in [5, 5.41) is 12.2. The maximum atomic E-state index is 4.48. The number of hydrogen-bond donors (Lipinski definition) is 1. The summed E-state index contributed by atoms with van der Waals surface area (Å²) in [4.78, 5) is 5.76. The van der Waals surface area contributed by atoms with E-state index in [-0.39, 0.29) is 0 Å². The molecule has 0 aliphatic carbocycles. The SMILES string of the molecule is CN1Cc2cc(-c3nncc4ccccc34)ccc2C(c2ccc3cc[nH]c3c2)C1. The second-order valence-corrected chi connectivity index (χ2v) is 8.27. The molecule has 0 spiro atoms. The van der Waals surface area contributed by atoms with Crippen molar-refractivity contribution in [3.05, 3.63) is 95.8 Å². The van der Waals surface area contributed by atoms with Gasteiger partial charge in [-0.2, -0.15) is 5.10 Å². The second kappa shape index (κ2) is 6.78. The first kappa shape index (κ1) is 17.4. The highest BCUT2D eigenvalue weighted by Gasteiger charge is 2.25. The van der Waals surface area contributed by atoms with Crippen LogP contribution in [-0.4, -0.2) is 33.7 Å². The maximum Gasteiger partial charge on any atom is 0.101 e. The summed E-state index contributed by atoms with van der Waals surface area (Å²) in [7, 11) is 2.20. The van der Waals surface area contributed by atoms with E-state index in [1.165, 1.54) is 27.6 Å². The Morgan fingerprint density at radius 2 is 1.90 bits per heavy atom. The lowest BCUT2D eigenvalue weighted by molar-refractivity contribution is 0.295. The lowest BCUT2D eigenvalue weighted by atomic mass is 9.83. The van der Waals surface area contributed by atoms with Gasteiger partial charge in [-0.15, -0.1) is 5.10 Å². The topological polar surface area (TPSA) is 44.8 Å². The van der Waals surface area contributed by atoms with Crippen LogP contribution in [0.4, 0.5) is 0 Å². The number of likely N-dealkylation sites (N-methyl/N-ethyl adjacent to an activating group) is 1. The Kier molecular flexibility index (Phi) is 3.93. The quantitative estimate of drug-likeness (QED) is 0.442. The lowest BCUT2D eigenvalue weighted by Crippen LogP contribution is -2.31. The minimum absolute atomic E-state index is 0.360. The minimum Gasteiger partial charge on any atom is -0.361 e. The Bertz CT molecular complexity index is 1380. The largest absolute Gasteiger partial charge is 0.361 e. The van der Waals surface area contributed by atoms with Gasteiger partial charge in [0.15, 0.2) is 0 Å². The average Bonchev–Trinajstić information content (AvgIpc) is 3.25. The van der Waals surface area contributed by atoms with Crippen LogP contribution in [0.2, 0.25) is 0 Å². The molecule has 1 atom stereocenters. The number of H-pyrrole nitrogens is 1. The maximum absolute atomic E-state index is 4.48. The fraction of sp³-hybridized carbons (Fsp3) is 0.154. The average molecular weight is 390 g/mol. The number of nitrogens with one attached hydrogen (secondary N) is 1. The van der Waals surface area contributed by atoms with E-state index in [1.807, 2.05) is 18.5 Å². The number of rotatable bonds is 2. The highest BCUT2D eigenvalue weighted by Crippen LogP contribution is 2.37. The van der Waals surface area contributed by atoms with Gasteiger partial charge in [-0.25, -0.2) is 0 Å². The van der Waals surface area contributed by atoms with Gasteiger partial charge >= 0.3 is 0 Å². The molecule has 0 fully saturated rings. The van der Waals surface area contributed by atoms with Gasteiger partial charge < -0.3 is 9.88 Å². The zero-order chi connectivity index (χ0) is 20.1. The van der Waals surface area contributed by atoms with Crippen molar-refractivity contribution in [3.8, 4) is 11.3 Å². The van der Waals surface area contributed by atoms with Crippen molar-refractivity contribution >= 4 is 21.7 Å². The summed E-state index contributed by atoms with van der Waals surface area (Å²) in [6.45, 7) is 1.97. The molecule has 0 radical (unpaired) electrons. The number of benzene rings is 3. The molecule has 0 amide bonds. The van der Waals surface area contributed by atoms with E-state index in [0.717, 1.165) is 35.1 Å². The van der Waals surface area contributed by atoms with Crippen LogP contribution in [0.5, 0.6) is 0 Å². The van der Waals surface area contributed by atoms with Crippen molar-refractivity contribution in [3.63, 3.8) is 0 Å². The zero-order valence-corrected chi connectivity index (χ0v) is 16.8. The van der Waals surface area contributed by atoms with E-state index in [9.17, 15) is 0 Å². The van der Waals surface area contributed by atoms with Crippen LogP contribution in [0.25, 0.3) is 32.9 Å². The van der Waals surface area contributed by atoms with E-state index in [0.29, 0.717) is 5.92 Å². The Hall–Kier alpha value is -3.50. The summed E-state index contributed by atoms with van der Waals surface area (Å²) in [6, 6.07) is 24.0. The molecule has 0 bridgehead atoms. The number of fused-ring (bicyclic) bond motifs is 3. The van der Waals surface area contributed by atoms with Gasteiger partial charge in [0.2, 0.25) is 0 Å². The van der Waals surface area contributed by atoms with Gasteiger partial charge in [0.1, 0.15) is 5.69 Å². The first-order chi connectivity index (χ1) is 14.8. The number of hydrogen-bond acceptors (Lipinski definition) is 3. The number of aromatic amines is 1. The molecule has 146 valence electrons. The van der Waals surface area contributed by atoms with Crippen LogP contribution in [0.3, 0.4) is 0 Å². The minimum atomic E-state index is 0.360. The fourth-order valence-electron chi connectivity index (χ4n) is 4.80. The smallest absolute Gasteiger partial charge is 0.101 e. The van der Waals surface area contributed by atoms with Crippen molar-refractivity contribution in [1.82, 2.24) is 20.1 Å². The number of nitrogens with zero attached hydrogens (tertiary/aromatic N) is 3. The summed E-state index contributed by atoms with van der Waals surface area (Å²) in [6.07, 6.45) is 3.84. The highest BCUT2D eigenvalue weighted by atomic mass is 15.1. The first-order valence-electron chi connectivity index (χ1n) is 10.4. The Labute approximate surface area is 175 Å². The predicted molar refractivity (Wildman–Crippen MR) is 121 cm³/mol. The van der Waals surface area contributed by atoms with Crippen LogP contribution >= 0.6 is 0 Å². The van der Waals surface area contributed by atoms with Crippen LogP contribution < -0.4 is 0 Å². The fourth-order valence-corrected chi connectivity index (χ4v) is 4.80. The van der Waals surface area contributed by atoms with E-state index in [4.69, 9.17) is 0 Å². The van der Waals surface area contributed by atoms with Crippen LogP contribution in [-0.2, 0) is 6.54 Å². The van der Waals surface area contributed by atoms with Crippen molar-refractivity contribution < 1.29 is 0 Å². The van der Waals surface area contributed by atoms with Crippen LogP contribution in [0.1, 0.15) is 22.6 Å². The molecule has 4 heteroatoms. The van der Waals surface area contributed by atoms with E-state index < -0.39 is 0 Å². The molecule has 1 aliphatic rings. The standard InChI is InChI=1S/C26H22N4/c1-30-15-21-12-19(26-23-5-3-2-4-20(23)14-28-29-26)8-9-22(21)24(16-30)18-7-6-17-10-11-27-25(17)13-18/h2-14,24,27H,15-16H2,1H3. The predicted octanol–water partition coefficient (Wildman–Crippen LogP) is 5.36. The molecule has 30 heavy (non-hydrogen) atoms. The Morgan fingerprint density at radius 1 is 0.967 bits per heavy atom. The van der Waals surface area contributed by atoms with E-state index in [1.54, 1.807) is 0 Å². The van der Waals surface area contributed by atoms with E-state index >= 15 is 0 Å². The first-order valence-corrected chi connectivity index (χ1v) is 10.4. The molecule has 3 heterocycles. The molecule has 3 aromatic carbocycles. The van der Waals surface area contributed by atoms with Crippen molar-refractivity contribution in [2.45, 2.75) is 12.5 Å². The molecule has 5 aromatic rings. The van der Waals surface area contributed by atoms with Gasteiger partial charge in [0, 0.05) is 47.1 Å². The number of aromatic nitrogens is 3. The highest BCUT2D eigenvalue weighted by molar-refractivity contribution is 5.93. The molecular formula is C26H22N4. The third-order valence-electron chi connectivity index (χ3n) is 6.28. The molecule has 0 saturated carbocycles.